The molecule has 80 valence electrons. The summed E-state index contributed by atoms with van der Waals surface area (Å²) in [5.74, 6) is 2.61. The minimum atomic E-state index is 0.690. The zero-order valence-electron chi connectivity index (χ0n) is 9.63. The third-order valence-corrected chi connectivity index (χ3v) is 3.69. The van der Waals surface area contributed by atoms with Crippen molar-refractivity contribution in [2.75, 3.05) is 12.3 Å². The van der Waals surface area contributed by atoms with Crippen molar-refractivity contribution in [1.82, 2.24) is 5.32 Å². The first-order chi connectivity index (χ1) is 6.77. The number of fused-ring (bicyclic) bond motifs is 1. The van der Waals surface area contributed by atoms with E-state index in [1.165, 1.54) is 16.4 Å². The Hall–Kier alpha value is -0.370. The quantitative estimate of drug-likeness (QED) is 0.659. The number of hydrogen-bond acceptors (Lipinski definition) is 2. The van der Waals surface area contributed by atoms with Crippen LogP contribution in [0.25, 0.3) is 0 Å². The topological polar surface area (TPSA) is 12.0 Å². The average Bonchev–Trinajstić information content (AvgIpc) is 2.23. The predicted molar refractivity (Wildman–Crippen MR) is 66.3 cm³/mol. The first-order valence-electron chi connectivity index (χ1n) is 5.58. The summed E-state index contributed by atoms with van der Waals surface area (Å²) in [6.45, 7) is 9.70. The van der Waals surface area contributed by atoms with Crippen LogP contribution in [-0.2, 0) is 0 Å². The molecule has 0 amide bonds. The van der Waals surface area contributed by atoms with E-state index in [0.29, 0.717) is 11.8 Å². The fourth-order valence-corrected chi connectivity index (χ4v) is 2.63. The van der Waals surface area contributed by atoms with Crippen molar-refractivity contribution >= 4 is 11.8 Å². The van der Waals surface area contributed by atoms with E-state index >= 15 is 0 Å². The van der Waals surface area contributed by atoms with Crippen molar-refractivity contribution in [2.45, 2.75) is 27.7 Å². The maximum atomic E-state index is 3.44. The number of hydrogen-bond donors (Lipinski definition) is 1. The lowest BCUT2D eigenvalue weighted by atomic mass is 9.90. The molecule has 0 saturated carbocycles. The van der Waals surface area contributed by atoms with E-state index in [-0.39, 0.29) is 0 Å². The molecule has 2 rings (SSSR count). The van der Waals surface area contributed by atoms with Crippen molar-refractivity contribution in [3.63, 3.8) is 0 Å². The minimum absolute atomic E-state index is 0.690. The summed E-state index contributed by atoms with van der Waals surface area (Å²) in [5, 5.41) is 3.44. The van der Waals surface area contributed by atoms with Crippen molar-refractivity contribution in [2.24, 2.45) is 11.8 Å². The van der Waals surface area contributed by atoms with Gasteiger partial charge in [-0.3, -0.25) is 0 Å². The molecule has 2 atom stereocenters. The summed E-state index contributed by atoms with van der Waals surface area (Å²) >= 11 is 1.98. The molecule has 1 aliphatic heterocycles. The van der Waals surface area contributed by atoms with Gasteiger partial charge < -0.3 is 5.32 Å². The van der Waals surface area contributed by atoms with Gasteiger partial charge in [-0.25, -0.2) is 0 Å². The molecule has 0 aromatic rings. The van der Waals surface area contributed by atoms with Crippen molar-refractivity contribution in [3.8, 4) is 0 Å². The fourth-order valence-electron chi connectivity index (χ4n) is 1.60. The molecule has 2 unspecified atom stereocenters. The zero-order chi connectivity index (χ0) is 10.6. The molecule has 0 radical (unpaired) electrons. The third kappa shape index (κ3) is 2.57. The van der Waals surface area contributed by atoms with Gasteiger partial charge in [-0.2, -0.15) is 0 Å². The summed E-state index contributed by atoms with van der Waals surface area (Å²) in [5.41, 5.74) is 1.37. The van der Waals surface area contributed by atoms with Crippen LogP contribution >= 0.6 is 11.8 Å². The fraction of sp³-hybridized carbons (Fsp3) is 0.667. The highest BCUT2D eigenvalue weighted by molar-refractivity contribution is 8.03. The Labute approximate surface area is 92.0 Å². The lowest BCUT2D eigenvalue weighted by molar-refractivity contribution is 0.540. The van der Waals surface area contributed by atoms with Crippen LogP contribution < -0.4 is 5.32 Å². The van der Waals surface area contributed by atoms with Gasteiger partial charge >= 0.3 is 0 Å². The van der Waals surface area contributed by atoms with E-state index in [9.17, 15) is 0 Å². The van der Waals surface area contributed by atoms with E-state index in [4.69, 9.17) is 0 Å². The summed E-state index contributed by atoms with van der Waals surface area (Å²) < 4.78 is 0. The van der Waals surface area contributed by atoms with Crippen LogP contribution in [0.15, 0.2) is 22.8 Å². The lowest BCUT2D eigenvalue weighted by Crippen LogP contribution is -2.26. The maximum Gasteiger partial charge on any atom is 0.0437 e. The van der Waals surface area contributed by atoms with Crippen LogP contribution in [0.1, 0.15) is 27.7 Å². The second-order valence-electron chi connectivity index (χ2n) is 3.60. The molecule has 14 heavy (non-hydrogen) atoms. The number of allylic oxidation sites excluding steroid dienone is 2. The highest BCUT2D eigenvalue weighted by atomic mass is 32.2. The monoisotopic (exact) mass is 211 g/mol. The van der Waals surface area contributed by atoms with Crippen LogP contribution in [-0.4, -0.2) is 12.3 Å². The van der Waals surface area contributed by atoms with Gasteiger partial charge in [-0.1, -0.05) is 39.8 Å². The highest BCUT2D eigenvalue weighted by Crippen LogP contribution is 2.34. The number of thioether (sulfide) groups is 1. The van der Waals surface area contributed by atoms with Crippen LogP contribution in [0.4, 0.5) is 0 Å². The van der Waals surface area contributed by atoms with Crippen LogP contribution in [0.2, 0.25) is 0 Å². The maximum absolute atomic E-state index is 3.44. The summed E-state index contributed by atoms with van der Waals surface area (Å²) in [6, 6.07) is 0. The molecule has 1 N–H and O–H groups in total. The van der Waals surface area contributed by atoms with E-state index in [2.05, 4.69) is 31.3 Å². The molecule has 0 aromatic heterocycles. The first-order valence-corrected chi connectivity index (χ1v) is 6.56. The van der Waals surface area contributed by atoms with Gasteiger partial charge in [0.1, 0.15) is 0 Å². The van der Waals surface area contributed by atoms with Gasteiger partial charge in [-0.15, -0.1) is 11.8 Å². The molecule has 1 nitrogen and oxygen atoms in total. The molecule has 1 aliphatic carbocycles. The Kier molecular flexibility index (Phi) is 4.59. The minimum Gasteiger partial charge on any atom is -0.384 e. The van der Waals surface area contributed by atoms with Crippen LogP contribution in [0.5, 0.6) is 0 Å². The highest BCUT2D eigenvalue weighted by Gasteiger charge is 2.20. The second-order valence-corrected chi connectivity index (χ2v) is 4.74. The van der Waals surface area contributed by atoms with Crippen LogP contribution in [0, 0.1) is 11.8 Å². The SMILES string of the molecule is CC.CC1C=C2NCCSC2=CC1C. The summed E-state index contributed by atoms with van der Waals surface area (Å²) in [7, 11) is 0. The molecular formula is C12H21NS. The van der Waals surface area contributed by atoms with Crippen molar-refractivity contribution in [3.05, 3.63) is 22.8 Å². The molecule has 1 heterocycles. The molecule has 2 heteroatoms. The standard InChI is InChI=1S/C10H15NS.C2H6/c1-7-5-9-10(6-8(7)2)12-4-3-11-9;1-2/h5-8,11H,3-4H2,1-2H3;1-2H3. The predicted octanol–water partition coefficient (Wildman–Crippen LogP) is 3.40. The van der Waals surface area contributed by atoms with Gasteiger partial charge in [0.05, 0.1) is 0 Å². The Morgan fingerprint density at radius 3 is 2.57 bits per heavy atom. The van der Waals surface area contributed by atoms with E-state index < -0.39 is 0 Å². The van der Waals surface area contributed by atoms with Crippen LogP contribution in [0.3, 0.4) is 0 Å². The Morgan fingerprint density at radius 1 is 1.21 bits per heavy atom. The van der Waals surface area contributed by atoms with Crippen molar-refractivity contribution < 1.29 is 0 Å². The molecule has 1 fully saturated rings. The zero-order valence-corrected chi connectivity index (χ0v) is 10.4. The molecule has 0 aromatic carbocycles. The smallest absolute Gasteiger partial charge is 0.0437 e. The Balaban J connectivity index is 0.000000461. The number of rotatable bonds is 0. The second kappa shape index (κ2) is 5.50. The van der Waals surface area contributed by atoms with Gasteiger partial charge in [0.25, 0.3) is 0 Å². The largest absolute Gasteiger partial charge is 0.384 e. The Morgan fingerprint density at radius 2 is 1.86 bits per heavy atom. The Bertz CT molecular complexity index is 217. The van der Waals surface area contributed by atoms with E-state index in [1.54, 1.807) is 0 Å². The van der Waals surface area contributed by atoms with Crippen molar-refractivity contribution in [1.29, 1.82) is 0 Å². The summed E-state index contributed by atoms with van der Waals surface area (Å²) in [6.07, 6.45) is 4.77. The van der Waals surface area contributed by atoms with Gasteiger partial charge in [0.15, 0.2) is 0 Å². The van der Waals surface area contributed by atoms with Gasteiger partial charge in [-0.05, 0) is 11.8 Å². The molecule has 0 spiro atoms. The van der Waals surface area contributed by atoms with E-state index in [0.717, 1.165) is 6.54 Å². The molecule has 1 saturated heterocycles. The van der Waals surface area contributed by atoms with Gasteiger partial charge in [0.2, 0.25) is 0 Å². The summed E-state index contributed by atoms with van der Waals surface area (Å²) in [4.78, 5) is 1.46. The normalized spacial score (nSPS) is 30.0. The molecule has 2 aliphatic rings. The lowest BCUT2D eigenvalue weighted by Gasteiger charge is -2.28. The average molecular weight is 211 g/mol. The first kappa shape index (κ1) is 11.7. The van der Waals surface area contributed by atoms with E-state index in [1.807, 2.05) is 25.6 Å². The number of nitrogens with one attached hydrogen (secondary N) is 1. The third-order valence-electron chi connectivity index (χ3n) is 2.61. The van der Waals surface area contributed by atoms with Gasteiger partial charge in [0, 0.05) is 22.9 Å². The molecule has 0 bridgehead atoms. The molecular weight excluding hydrogens is 190 g/mol.